The predicted octanol–water partition coefficient (Wildman–Crippen LogP) is 3.73. The largest absolute Gasteiger partial charge is 0.341 e. The molecule has 1 heterocycles. The molecule has 3 heteroatoms. The second-order valence-electron chi connectivity index (χ2n) is 5.82. The van der Waals surface area contributed by atoms with Crippen LogP contribution < -0.4 is 0 Å². The number of aromatic nitrogens is 2. The maximum absolute atomic E-state index is 4.71. The number of aromatic amines is 1. The highest BCUT2D eigenvalue weighted by Gasteiger charge is 2.29. The normalized spacial score (nSPS) is 14.9. The summed E-state index contributed by atoms with van der Waals surface area (Å²) in [6.45, 7) is 1.90. The van der Waals surface area contributed by atoms with E-state index in [-0.39, 0.29) is 0 Å². The van der Waals surface area contributed by atoms with Crippen molar-refractivity contribution < 1.29 is 0 Å². The lowest BCUT2D eigenvalue weighted by Crippen LogP contribution is -2.25. The molecule has 2 aromatic carbocycles. The summed E-state index contributed by atoms with van der Waals surface area (Å²) in [4.78, 5) is 10.7. The van der Waals surface area contributed by atoms with Gasteiger partial charge in [0, 0.05) is 12.6 Å². The van der Waals surface area contributed by atoms with E-state index in [1.54, 1.807) is 0 Å². The number of hydrogen-bond donors (Lipinski definition) is 1. The first-order chi connectivity index (χ1) is 10.4. The smallest absolute Gasteiger partial charge is 0.121 e. The lowest BCUT2D eigenvalue weighted by Gasteiger charge is -2.20. The van der Waals surface area contributed by atoms with Gasteiger partial charge in [-0.3, -0.25) is 4.90 Å². The van der Waals surface area contributed by atoms with Gasteiger partial charge in [-0.25, -0.2) is 4.98 Å². The monoisotopic (exact) mass is 277 g/mol. The minimum atomic E-state index is 0.721. The van der Waals surface area contributed by atoms with Gasteiger partial charge < -0.3 is 4.98 Å². The fraction of sp³-hybridized carbons (Fsp3) is 0.278. The quantitative estimate of drug-likeness (QED) is 0.770. The van der Waals surface area contributed by atoms with Crippen LogP contribution in [0, 0.1) is 0 Å². The predicted molar refractivity (Wildman–Crippen MR) is 84.8 cm³/mol. The van der Waals surface area contributed by atoms with E-state index in [1.165, 1.54) is 18.4 Å². The van der Waals surface area contributed by atoms with Gasteiger partial charge in [0.2, 0.25) is 0 Å². The molecule has 1 aromatic heterocycles. The highest BCUT2D eigenvalue weighted by molar-refractivity contribution is 5.74. The Morgan fingerprint density at radius 2 is 1.71 bits per heavy atom. The number of para-hydroxylation sites is 2. The SMILES string of the molecule is c1ccc(CN(Cc2nc3ccccc3[nH]2)C2CC2)cc1. The number of H-pyrrole nitrogens is 1. The highest BCUT2D eigenvalue weighted by atomic mass is 15.2. The van der Waals surface area contributed by atoms with Gasteiger partial charge in [-0.1, -0.05) is 42.5 Å². The average Bonchev–Trinajstić information content (AvgIpc) is 3.28. The number of hydrogen-bond acceptors (Lipinski definition) is 2. The van der Waals surface area contributed by atoms with Crippen molar-refractivity contribution in [2.24, 2.45) is 0 Å². The maximum Gasteiger partial charge on any atom is 0.121 e. The number of rotatable bonds is 5. The van der Waals surface area contributed by atoms with E-state index in [0.717, 1.165) is 36.0 Å². The number of fused-ring (bicyclic) bond motifs is 1. The molecular formula is C18H19N3. The fourth-order valence-corrected chi connectivity index (χ4v) is 2.84. The van der Waals surface area contributed by atoms with E-state index in [1.807, 2.05) is 12.1 Å². The van der Waals surface area contributed by atoms with Crippen LogP contribution in [0.3, 0.4) is 0 Å². The summed E-state index contributed by atoms with van der Waals surface area (Å²) in [6, 6.07) is 19.7. The first-order valence-corrected chi connectivity index (χ1v) is 7.60. The van der Waals surface area contributed by atoms with E-state index in [2.05, 4.69) is 52.3 Å². The fourth-order valence-electron chi connectivity index (χ4n) is 2.84. The molecule has 0 atom stereocenters. The summed E-state index contributed by atoms with van der Waals surface area (Å²) in [5.41, 5.74) is 3.56. The Morgan fingerprint density at radius 3 is 2.48 bits per heavy atom. The Labute approximate surface area is 124 Å². The van der Waals surface area contributed by atoms with Crippen LogP contribution in [0.2, 0.25) is 0 Å². The molecule has 21 heavy (non-hydrogen) atoms. The third kappa shape index (κ3) is 2.83. The van der Waals surface area contributed by atoms with Gasteiger partial charge >= 0.3 is 0 Å². The number of benzene rings is 2. The zero-order chi connectivity index (χ0) is 14.1. The van der Waals surface area contributed by atoms with Gasteiger partial charge in [-0.15, -0.1) is 0 Å². The Morgan fingerprint density at radius 1 is 0.952 bits per heavy atom. The van der Waals surface area contributed by atoms with Crippen LogP contribution in [0.15, 0.2) is 54.6 Å². The third-order valence-corrected chi connectivity index (χ3v) is 4.08. The van der Waals surface area contributed by atoms with Crippen molar-refractivity contribution in [3.8, 4) is 0 Å². The Balaban J connectivity index is 1.54. The first kappa shape index (κ1) is 12.6. The molecule has 1 aliphatic rings. The van der Waals surface area contributed by atoms with Gasteiger partial charge in [0.05, 0.1) is 17.6 Å². The van der Waals surface area contributed by atoms with Crippen LogP contribution in [0.4, 0.5) is 0 Å². The van der Waals surface area contributed by atoms with Crippen LogP contribution in [-0.2, 0) is 13.1 Å². The summed E-state index contributed by atoms with van der Waals surface area (Å²) < 4.78 is 0. The van der Waals surface area contributed by atoms with Gasteiger partial charge in [-0.05, 0) is 30.5 Å². The van der Waals surface area contributed by atoms with Crippen LogP contribution in [0.5, 0.6) is 0 Å². The lowest BCUT2D eigenvalue weighted by atomic mass is 10.2. The molecule has 1 fully saturated rings. The average molecular weight is 277 g/mol. The molecule has 1 aliphatic carbocycles. The van der Waals surface area contributed by atoms with E-state index in [9.17, 15) is 0 Å². The van der Waals surface area contributed by atoms with Gasteiger partial charge in [0.25, 0.3) is 0 Å². The van der Waals surface area contributed by atoms with Crippen LogP contribution in [0.25, 0.3) is 11.0 Å². The molecule has 4 rings (SSSR count). The molecule has 0 aliphatic heterocycles. The highest BCUT2D eigenvalue weighted by Crippen LogP contribution is 2.29. The summed E-state index contributed by atoms with van der Waals surface area (Å²) >= 11 is 0. The number of imidazole rings is 1. The summed E-state index contributed by atoms with van der Waals surface area (Å²) in [6.07, 6.45) is 2.63. The van der Waals surface area contributed by atoms with Gasteiger partial charge in [0.1, 0.15) is 5.82 Å². The van der Waals surface area contributed by atoms with Crippen molar-refractivity contribution >= 4 is 11.0 Å². The lowest BCUT2D eigenvalue weighted by molar-refractivity contribution is 0.240. The molecule has 1 saturated carbocycles. The van der Waals surface area contributed by atoms with Gasteiger partial charge in [0.15, 0.2) is 0 Å². The molecular weight excluding hydrogens is 258 g/mol. The molecule has 0 amide bonds. The third-order valence-electron chi connectivity index (χ3n) is 4.08. The second-order valence-corrected chi connectivity index (χ2v) is 5.82. The minimum absolute atomic E-state index is 0.721. The van der Waals surface area contributed by atoms with Crippen molar-refractivity contribution in [2.75, 3.05) is 0 Å². The topological polar surface area (TPSA) is 31.9 Å². The Hall–Kier alpha value is -2.13. The molecule has 0 radical (unpaired) electrons. The molecule has 106 valence electrons. The van der Waals surface area contributed by atoms with Crippen LogP contribution in [-0.4, -0.2) is 20.9 Å². The van der Waals surface area contributed by atoms with Crippen molar-refractivity contribution in [1.82, 2.24) is 14.9 Å². The van der Waals surface area contributed by atoms with Crippen molar-refractivity contribution in [3.05, 3.63) is 66.0 Å². The van der Waals surface area contributed by atoms with E-state index >= 15 is 0 Å². The van der Waals surface area contributed by atoms with E-state index < -0.39 is 0 Å². The molecule has 0 bridgehead atoms. The van der Waals surface area contributed by atoms with Crippen molar-refractivity contribution in [2.45, 2.75) is 32.0 Å². The molecule has 3 aromatic rings. The van der Waals surface area contributed by atoms with Crippen LogP contribution in [0.1, 0.15) is 24.2 Å². The van der Waals surface area contributed by atoms with Crippen molar-refractivity contribution in [3.63, 3.8) is 0 Å². The number of nitrogens with zero attached hydrogens (tertiary/aromatic N) is 2. The van der Waals surface area contributed by atoms with E-state index in [0.29, 0.717) is 0 Å². The molecule has 1 N–H and O–H groups in total. The van der Waals surface area contributed by atoms with Crippen LogP contribution >= 0.6 is 0 Å². The summed E-state index contributed by atoms with van der Waals surface area (Å²) in [5.74, 6) is 1.07. The summed E-state index contributed by atoms with van der Waals surface area (Å²) in [7, 11) is 0. The zero-order valence-electron chi connectivity index (χ0n) is 12.0. The minimum Gasteiger partial charge on any atom is -0.341 e. The maximum atomic E-state index is 4.71. The standard InChI is InChI=1S/C18H19N3/c1-2-6-14(7-3-1)12-21(15-10-11-15)13-18-19-16-8-4-5-9-17(16)20-18/h1-9,15H,10-13H2,(H,19,20). The summed E-state index contributed by atoms with van der Waals surface area (Å²) in [5, 5.41) is 0. The van der Waals surface area contributed by atoms with Crippen molar-refractivity contribution in [1.29, 1.82) is 0 Å². The second kappa shape index (κ2) is 5.34. The first-order valence-electron chi connectivity index (χ1n) is 7.60. The Kier molecular flexibility index (Phi) is 3.20. The molecule has 0 saturated heterocycles. The molecule has 3 nitrogen and oxygen atoms in total. The molecule has 0 unspecified atom stereocenters. The zero-order valence-corrected chi connectivity index (χ0v) is 12.0. The molecule has 0 spiro atoms. The Bertz CT molecular complexity index is 695. The van der Waals surface area contributed by atoms with Gasteiger partial charge in [-0.2, -0.15) is 0 Å². The van der Waals surface area contributed by atoms with E-state index in [4.69, 9.17) is 4.98 Å². The number of nitrogens with one attached hydrogen (secondary N) is 1.